The van der Waals surface area contributed by atoms with E-state index in [2.05, 4.69) is 58.3 Å². The van der Waals surface area contributed by atoms with Crippen LogP contribution in [0.3, 0.4) is 0 Å². The maximum absolute atomic E-state index is 4.63. The number of rotatable bonds is 4. The van der Waals surface area contributed by atoms with Crippen molar-refractivity contribution in [3.8, 4) is 0 Å². The molecule has 5 rings (SSSR count). The molecule has 0 atom stereocenters. The minimum atomic E-state index is 0.847. The lowest BCUT2D eigenvalue weighted by Gasteiger charge is -2.09. The molecule has 1 heterocycles. The van der Waals surface area contributed by atoms with Gasteiger partial charge in [0.2, 0.25) is 0 Å². The molecule has 0 spiro atoms. The molecule has 32 heavy (non-hydrogen) atoms. The molecule has 154 valence electrons. The van der Waals surface area contributed by atoms with Crippen LogP contribution >= 0.6 is 0 Å². The third-order valence-electron chi connectivity index (χ3n) is 5.33. The zero-order valence-corrected chi connectivity index (χ0v) is 18.0. The second-order valence-electron chi connectivity index (χ2n) is 7.89. The van der Waals surface area contributed by atoms with Gasteiger partial charge >= 0.3 is 0 Å². The molecule has 0 bridgehead atoms. The molecular formula is C28H22N4. The average Bonchev–Trinajstić information content (AvgIpc) is 2.82. The van der Waals surface area contributed by atoms with Crippen molar-refractivity contribution in [3.63, 3.8) is 0 Å². The van der Waals surface area contributed by atoms with Gasteiger partial charge in [-0.3, -0.25) is 9.98 Å². The van der Waals surface area contributed by atoms with E-state index < -0.39 is 0 Å². The molecule has 1 aromatic heterocycles. The Labute approximate surface area is 187 Å². The van der Waals surface area contributed by atoms with Crippen LogP contribution in [-0.4, -0.2) is 22.6 Å². The fourth-order valence-electron chi connectivity index (χ4n) is 3.86. The van der Waals surface area contributed by atoms with Crippen LogP contribution in [-0.2, 0) is 0 Å². The summed E-state index contributed by atoms with van der Waals surface area (Å²) in [4.78, 5) is 9.26. The average molecular weight is 415 g/mol. The largest absolute Gasteiger partial charge is 0.256 e. The zero-order valence-electron chi connectivity index (χ0n) is 18.0. The smallest absolute Gasteiger partial charge is 0.102 e. The van der Waals surface area contributed by atoms with Crippen molar-refractivity contribution in [2.24, 2.45) is 9.98 Å². The maximum Gasteiger partial charge on any atom is 0.102 e. The van der Waals surface area contributed by atoms with Gasteiger partial charge in [0, 0.05) is 34.3 Å². The van der Waals surface area contributed by atoms with Crippen molar-refractivity contribution < 1.29 is 0 Å². The summed E-state index contributed by atoms with van der Waals surface area (Å²) in [6, 6.07) is 28.4. The third-order valence-corrected chi connectivity index (χ3v) is 5.33. The molecule has 4 nitrogen and oxygen atoms in total. The predicted molar refractivity (Wildman–Crippen MR) is 134 cm³/mol. The highest BCUT2D eigenvalue weighted by molar-refractivity contribution is 6.13. The Bertz CT molecular complexity index is 1360. The monoisotopic (exact) mass is 414 g/mol. The van der Waals surface area contributed by atoms with E-state index >= 15 is 0 Å². The van der Waals surface area contributed by atoms with Crippen molar-refractivity contribution >= 4 is 45.6 Å². The third kappa shape index (κ3) is 4.03. The van der Waals surface area contributed by atoms with Crippen molar-refractivity contribution in [2.45, 2.75) is 13.8 Å². The molecule has 0 saturated carbocycles. The number of aryl methyl sites for hydroxylation is 2. The molecule has 0 radical (unpaired) electrons. The van der Waals surface area contributed by atoms with E-state index in [-0.39, 0.29) is 0 Å². The van der Waals surface area contributed by atoms with Crippen molar-refractivity contribution in [2.75, 3.05) is 0 Å². The van der Waals surface area contributed by atoms with Gasteiger partial charge in [0.15, 0.2) is 0 Å². The van der Waals surface area contributed by atoms with Crippen LogP contribution in [0.15, 0.2) is 94.9 Å². The number of benzene rings is 4. The lowest BCUT2D eigenvalue weighted by atomic mass is 9.99. The first-order valence-electron chi connectivity index (χ1n) is 10.6. The molecule has 0 aliphatic rings. The van der Waals surface area contributed by atoms with E-state index in [9.17, 15) is 0 Å². The Morgan fingerprint density at radius 2 is 0.969 bits per heavy atom. The minimum absolute atomic E-state index is 0.847. The maximum atomic E-state index is 4.63. The van der Waals surface area contributed by atoms with Gasteiger partial charge in [-0.25, -0.2) is 0 Å². The molecule has 4 aromatic carbocycles. The summed E-state index contributed by atoms with van der Waals surface area (Å²) >= 11 is 0. The summed E-state index contributed by atoms with van der Waals surface area (Å²) in [5.41, 5.74) is 7.74. The van der Waals surface area contributed by atoms with Crippen LogP contribution in [0.4, 0.5) is 11.4 Å². The molecular weight excluding hydrogens is 392 g/mol. The number of hydrogen-bond donors (Lipinski definition) is 0. The summed E-state index contributed by atoms with van der Waals surface area (Å²) in [6.45, 7) is 4.19. The Kier molecular flexibility index (Phi) is 5.26. The summed E-state index contributed by atoms with van der Waals surface area (Å²) in [6.07, 6.45) is 3.75. The van der Waals surface area contributed by atoms with E-state index in [0.717, 1.165) is 55.4 Å². The summed E-state index contributed by atoms with van der Waals surface area (Å²) in [7, 11) is 0. The standard InChI is InChI=1S/C28H22N4/c1-19-13-21(17-29-23-9-5-3-6-10-23)27-25(15-19)26-16-20(2)14-22(28(26)32-31-27)18-30-24-11-7-4-8-12-24/h3-18H,1-2H3/b29-17+,30-18+. The molecule has 0 amide bonds. The van der Waals surface area contributed by atoms with E-state index in [1.54, 1.807) is 0 Å². The molecule has 0 aliphatic carbocycles. The Morgan fingerprint density at radius 3 is 1.38 bits per heavy atom. The van der Waals surface area contributed by atoms with Crippen LogP contribution in [0.2, 0.25) is 0 Å². The lowest BCUT2D eigenvalue weighted by Crippen LogP contribution is -1.97. The minimum Gasteiger partial charge on any atom is -0.256 e. The number of aromatic nitrogens is 2. The molecule has 5 aromatic rings. The second kappa shape index (κ2) is 8.52. The van der Waals surface area contributed by atoms with Gasteiger partial charge in [-0.05, 0) is 73.5 Å². The normalized spacial score (nSPS) is 11.8. The lowest BCUT2D eigenvalue weighted by molar-refractivity contribution is 1.12. The highest BCUT2D eigenvalue weighted by Crippen LogP contribution is 2.28. The SMILES string of the molecule is Cc1cc(/C=N/c2ccccc2)c2nnc3c(/C=N/c4ccccc4)cc(C)cc3c2c1. The Balaban J connectivity index is 1.66. The molecule has 0 saturated heterocycles. The molecule has 4 heteroatoms. The van der Waals surface area contributed by atoms with Crippen molar-refractivity contribution in [1.82, 2.24) is 10.2 Å². The van der Waals surface area contributed by atoms with Crippen molar-refractivity contribution in [1.29, 1.82) is 0 Å². The van der Waals surface area contributed by atoms with Gasteiger partial charge in [-0.1, -0.05) is 36.4 Å². The van der Waals surface area contributed by atoms with Crippen LogP contribution in [0.25, 0.3) is 21.8 Å². The molecule has 0 fully saturated rings. The first-order valence-corrected chi connectivity index (χ1v) is 10.6. The number of aliphatic imine (C=N–C) groups is 2. The van der Waals surface area contributed by atoms with E-state index in [1.165, 1.54) is 0 Å². The van der Waals surface area contributed by atoms with Gasteiger partial charge in [-0.2, -0.15) is 0 Å². The Morgan fingerprint density at radius 1 is 0.562 bits per heavy atom. The summed E-state index contributed by atoms with van der Waals surface area (Å²) in [5.74, 6) is 0. The second-order valence-corrected chi connectivity index (χ2v) is 7.89. The fourth-order valence-corrected chi connectivity index (χ4v) is 3.86. The molecule has 0 N–H and O–H groups in total. The van der Waals surface area contributed by atoms with E-state index in [4.69, 9.17) is 0 Å². The van der Waals surface area contributed by atoms with E-state index in [1.807, 2.05) is 73.1 Å². The van der Waals surface area contributed by atoms with Gasteiger partial charge in [0.25, 0.3) is 0 Å². The topological polar surface area (TPSA) is 50.5 Å². The molecule has 0 aliphatic heterocycles. The van der Waals surface area contributed by atoms with Crippen molar-refractivity contribution in [3.05, 3.63) is 107 Å². The van der Waals surface area contributed by atoms with E-state index in [0.29, 0.717) is 0 Å². The van der Waals surface area contributed by atoms with Crippen LogP contribution in [0, 0.1) is 13.8 Å². The zero-order chi connectivity index (χ0) is 21.9. The van der Waals surface area contributed by atoms with Gasteiger partial charge in [0.05, 0.1) is 11.4 Å². The van der Waals surface area contributed by atoms with Crippen LogP contribution in [0.1, 0.15) is 22.3 Å². The van der Waals surface area contributed by atoms with Gasteiger partial charge in [-0.15, -0.1) is 10.2 Å². The fraction of sp³-hybridized carbons (Fsp3) is 0.0714. The number of nitrogens with zero attached hydrogens (tertiary/aromatic N) is 4. The number of hydrogen-bond acceptors (Lipinski definition) is 4. The highest BCUT2D eigenvalue weighted by atomic mass is 15.1. The van der Waals surface area contributed by atoms with Gasteiger partial charge < -0.3 is 0 Å². The summed E-state index contributed by atoms with van der Waals surface area (Å²) < 4.78 is 0. The number of fused-ring (bicyclic) bond motifs is 3. The highest BCUT2D eigenvalue weighted by Gasteiger charge is 2.11. The summed E-state index contributed by atoms with van der Waals surface area (Å²) in [5, 5.41) is 11.4. The quantitative estimate of drug-likeness (QED) is 0.237. The number of para-hydroxylation sites is 2. The Hall–Kier alpha value is -4.18. The first kappa shape index (κ1) is 19.8. The first-order chi connectivity index (χ1) is 15.7. The van der Waals surface area contributed by atoms with Crippen LogP contribution in [0.5, 0.6) is 0 Å². The van der Waals surface area contributed by atoms with Crippen LogP contribution < -0.4 is 0 Å². The molecule has 0 unspecified atom stereocenters. The predicted octanol–water partition coefficient (Wildman–Crippen LogP) is 6.90. The van der Waals surface area contributed by atoms with Gasteiger partial charge in [0.1, 0.15) is 11.0 Å².